The van der Waals surface area contributed by atoms with Crippen LogP contribution in [0, 0.1) is 11.7 Å². The molecule has 13 heteroatoms. The van der Waals surface area contributed by atoms with E-state index in [1.807, 2.05) is 18.3 Å². The fourth-order valence-electron chi connectivity index (χ4n) is 4.60. The van der Waals surface area contributed by atoms with Gasteiger partial charge in [-0.05, 0) is 61.1 Å². The molecule has 5 rings (SSSR count). The van der Waals surface area contributed by atoms with Crippen molar-refractivity contribution in [2.75, 3.05) is 7.11 Å². The molecule has 0 spiro atoms. The van der Waals surface area contributed by atoms with Gasteiger partial charge in [0.15, 0.2) is 11.4 Å². The van der Waals surface area contributed by atoms with Gasteiger partial charge in [-0.25, -0.2) is 4.39 Å². The Morgan fingerprint density at radius 3 is 2.72 bits per heavy atom. The first-order chi connectivity index (χ1) is 18.7. The highest BCUT2D eigenvalue weighted by atomic mass is 32.1. The standard InChI is InChI=1S/C26H23F4N5O3S/c1-37-24(18-12-17(6-7-19(18)27)38-26(28,29)30)21(36)13-23-34-33-22(39-23)10-14-2-4-15(5-3-14)20-11-16-8-9-31-25(16)35-32-20/h4,6-9,11-12,14,24H,2-3,5,10,13H2,1H3,(H,31,35). The monoisotopic (exact) mass is 561 g/mol. The first-order valence-corrected chi connectivity index (χ1v) is 12.9. The number of fused-ring (bicyclic) bond motifs is 1. The van der Waals surface area contributed by atoms with E-state index in [9.17, 15) is 22.4 Å². The minimum Gasteiger partial charge on any atom is -0.406 e. The Kier molecular flexibility index (Phi) is 7.71. The Morgan fingerprint density at radius 2 is 1.97 bits per heavy atom. The van der Waals surface area contributed by atoms with Crippen molar-refractivity contribution < 1.29 is 31.8 Å². The number of hydrogen-bond donors (Lipinski definition) is 1. The van der Waals surface area contributed by atoms with E-state index >= 15 is 0 Å². The summed E-state index contributed by atoms with van der Waals surface area (Å²) < 4.78 is 61.1. The molecule has 0 saturated carbocycles. The number of aromatic nitrogens is 5. The average molecular weight is 562 g/mol. The summed E-state index contributed by atoms with van der Waals surface area (Å²) in [6, 6.07) is 6.43. The first-order valence-electron chi connectivity index (χ1n) is 12.1. The van der Waals surface area contributed by atoms with Crippen LogP contribution in [0.4, 0.5) is 17.6 Å². The molecule has 2 atom stereocenters. The molecular weight excluding hydrogens is 538 g/mol. The largest absolute Gasteiger partial charge is 0.573 e. The Morgan fingerprint density at radius 1 is 1.15 bits per heavy atom. The van der Waals surface area contributed by atoms with Crippen LogP contribution in [0.2, 0.25) is 0 Å². The third kappa shape index (κ3) is 6.48. The molecule has 8 nitrogen and oxygen atoms in total. The summed E-state index contributed by atoms with van der Waals surface area (Å²) in [6.07, 6.45) is 0.762. The van der Waals surface area contributed by atoms with Crippen LogP contribution < -0.4 is 4.74 Å². The number of carbonyl (C=O) groups excluding carboxylic acids is 1. The predicted octanol–water partition coefficient (Wildman–Crippen LogP) is 5.77. The maximum atomic E-state index is 14.4. The molecule has 204 valence electrons. The van der Waals surface area contributed by atoms with Gasteiger partial charge < -0.3 is 14.5 Å². The number of hydrogen-bond acceptors (Lipinski definition) is 8. The van der Waals surface area contributed by atoms with Gasteiger partial charge in [0.1, 0.15) is 27.7 Å². The van der Waals surface area contributed by atoms with E-state index in [1.54, 1.807) is 0 Å². The Bertz CT molecular complexity index is 1520. The minimum absolute atomic E-state index is 0.199. The van der Waals surface area contributed by atoms with Crippen LogP contribution in [0.5, 0.6) is 5.75 Å². The van der Waals surface area contributed by atoms with Gasteiger partial charge in [0.2, 0.25) is 0 Å². The molecule has 3 heterocycles. The number of rotatable bonds is 9. The average Bonchev–Trinajstić information content (AvgIpc) is 3.54. The second kappa shape index (κ2) is 11.2. The van der Waals surface area contributed by atoms with Crippen molar-refractivity contribution in [3.63, 3.8) is 0 Å². The molecule has 2 unspecified atom stereocenters. The van der Waals surface area contributed by atoms with Gasteiger partial charge in [-0.3, -0.25) is 4.79 Å². The SMILES string of the molecule is COC(C(=O)Cc1nnc(CC2CC=C(c3cc4cc[nH]c4nn3)CC2)s1)c1cc(OC(F)(F)F)ccc1F. The molecule has 1 aliphatic rings. The highest BCUT2D eigenvalue weighted by molar-refractivity contribution is 7.11. The number of nitrogens with one attached hydrogen (secondary N) is 1. The van der Waals surface area contributed by atoms with Crippen molar-refractivity contribution in [2.24, 2.45) is 5.92 Å². The molecule has 0 saturated heterocycles. The van der Waals surface area contributed by atoms with E-state index in [0.29, 0.717) is 17.3 Å². The molecule has 0 radical (unpaired) electrons. The van der Waals surface area contributed by atoms with Crippen molar-refractivity contribution in [2.45, 2.75) is 44.6 Å². The topological polar surface area (TPSA) is 103 Å². The van der Waals surface area contributed by atoms with E-state index in [1.165, 1.54) is 18.4 Å². The quantitative estimate of drug-likeness (QED) is 0.259. The zero-order valence-electron chi connectivity index (χ0n) is 20.7. The molecule has 0 fully saturated rings. The van der Waals surface area contributed by atoms with Crippen molar-refractivity contribution >= 4 is 33.7 Å². The second-order valence-electron chi connectivity index (χ2n) is 9.16. The zero-order chi connectivity index (χ0) is 27.6. The molecule has 3 aromatic heterocycles. The van der Waals surface area contributed by atoms with Crippen molar-refractivity contribution in [1.82, 2.24) is 25.4 Å². The summed E-state index contributed by atoms with van der Waals surface area (Å²) in [5.74, 6) is -1.74. The van der Waals surface area contributed by atoms with Gasteiger partial charge in [-0.1, -0.05) is 6.08 Å². The van der Waals surface area contributed by atoms with E-state index < -0.39 is 29.8 Å². The lowest BCUT2D eigenvalue weighted by molar-refractivity contribution is -0.274. The number of Topliss-reactive ketones (excluding diaryl/α,β-unsaturated/α-hetero) is 1. The summed E-state index contributed by atoms with van der Waals surface area (Å²) in [5.41, 5.74) is 2.44. The molecule has 39 heavy (non-hydrogen) atoms. The number of H-pyrrole nitrogens is 1. The van der Waals surface area contributed by atoms with Gasteiger partial charge in [-0.2, -0.15) is 0 Å². The van der Waals surface area contributed by atoms with Crippen LogP contribution in [0.25, 0.3) is 16.6 Å². The molecule has 4 aromatic rings. The van der Waals surface area contributed by atoms with Gasteiger partial charge in [0.25, 0.3) is 0 Å². The fourth-order valence-corrected chi connectivity index (χ4v) is 5.57. The van der Waals surface area contributed by atoms with E-state index in [4.69, 9.17) is 4.74 Å². The van der Waals surface area contributed by atoms with Crippen molar-refractivity contribution in [3.05, 3.63) is 69.7 Å². The van der Waals surface area contributed by atoms with Gasteiger partial charge in [-0.15, -0.1) is 44.9 Å². The normalized spacial score (nSPS) is 16.7. The number of ether oxygens (including phenoxy) is 2. The number of methoxy groups -OCH3 is 1. The van der Waals surface area contributed by atoms with Crippen LogP contribution in [0.1, 0.15) is 46.6 Å². The Hall–Kier alpha value is -3.71. The summed E-state index contributed by atoms with van der Waals surface area (Å²) >= 11 is 1.28. The number of alkyl halides is 3. The second-order valence-corrected chi connectivity index (χ2v) is 10.3. The summed E-state index contributed by atoms with van der Waals surface area (Å²) in [4.78, 5) is 15.9. The Labute approximate surface area is 224 Å². The number of allylic oxidation sites excluding steroid dienone is 2. The maximum Gasteiger partial charge on any atom is 0.573 e. The minimum atomic E-state index is -4.95. The van der Waals surface area contributed by atoms with Gasteiger partial charge >= 0.3 is 6.36 Å². The Balaban J connectivity index is 1.20. The highest BCUT2D eigenvalue weighted by Crippen LogP contribution is 2.33. The van der Waals surface area contributed by atoms with Gasteiger partial charge in [0, 0.05) is 30.7 Å². The van der Waals surface area contributed by atoms with Gasteiger partial charge in [0.05, 0.1) is 12.1 Å². The molecule has 0 aliphatic heterocycles. The summed E-state index contributed by atoms with van der Waals surface area (Å²) in [6.45, 7) is 0. The zero-order valence-corrected chi connectivity index (χ0v) is 21.5. The van der Waals surface area contributed by atoms with E-state index in [0.717, 1.165) is 64.8 Å². The van der Waals surface area contributed by atoms with Crippen LogP contribution in [0.3, 0.4) is 0 Å². The molecule has 1 aromatic carbocycles. The van der Waals surface area contributed by atoms with E-state index in [-0.39, 0.29) is 12.0 Å². The van der Waals surface area contributed by atoms with Crippen LogP contribution in [-0.2, 0) is 22.4 Å². The maximum absolute atomic E-state index is 14.4. The molecule has 1 aliphatic carbocycles. The summed E-state index contributed by atoms with van der Waals surface area (Å²) in [5, 5.41) is 19.0. The number of aromatic amines is 1. The van der Waals surface area contributed by atoms with Crippen molar-refractivity contribution in [3.8, 4) is 5.75 Å². The van der Waals surface area contributed by atoms with Crippen LogP contribution >= 0.6 is 11.3 Å². The number of halogens is 4. The highest BCUT2D eigenvalue weighted by Gasteiger charge is 2.32. The van der Waals surface area contributed by atoms with Crippen LogP contribution in [-0.4, -0.2) is 44.6 Å². The number of carbonyl (C=O) groups is 1. The molecular formula is C26H23F4N5O3S. The first kappa shape index (κ1) is 26.9. The van der Waals surface area contributed by atoms with E-state index in [2.05, 4.69) is 36.2 Å². The van der Waals surface area contributed by atoms with Crippen molar-refractivity contribution in [1.29, 1.82) is 0 Å². The number of benzene rings is 1. The smallest absolute Gasteiger partial charge is 0.406 e. The number of nitrogens with zero attached hydrogens (tertiary/aromatic N) is 4. The third-order valence-electron chi connectivity index (χ3n) is 6.46. The van der Waals surface area contributed by atoms with Crippen LogP contribution in [0.15, 0.2) is 42.6 Å². The predicted molar refractivity (Wildman–Crippen MR) is 134 cm³/mol. The molecule has 0 bridgehead atoms. The lowest BCUT2D eigenvalue weighted by Gasteiger charge is -2.20. The summed E-state index contributed by atoms with van der Waals surface area (Å²) in [7, 11) is 1.18. The molecule has 1 N–H and O–H groups in total. The lowest BCUT2D eigenvalue weighted by Crippen LogP contribution is -2.20. The number of ketones is 1. The fraction of sp³-hybridized carbons (Fsp3) is 0.346. The molecule has 0 amide bonds. The third-order valence-corrected chi connectivity index (χ3v) is 7.41. The lowest BCUT2D eigenvalue weighted by atomic mass is 9.86.